The second kappa shape index (κ2) is 13.5. The molecule has 0 saturated heterocycles. The SMILES string of the molecule is CCCCP(=O)(CCCC)Oc1cccc(OP(=O)(CCCC)CCCC)c1. The van der Waals surface area contributed by atoms with E-state index in [9.17, 15) is 9.13 Å². The third-order valence-electron chi connectivity index (χ3n) is 4.76. The smallest absolute Gasteiger partial charge is 0.247 e. The lowest BCUT2D eigenvalue weighted by Gasteiger charge is -2.22. The Kier molecular flexibility index (Phi) is 12.2. The number of rotatable bonds is 16. The number of unbranched alkanes of at least 4 members (excludes halogenated alkanes) is 4. The molecule has 0 aliphatic rings. The summed E-state index contributed by atoms with van der Waals surface area (Å²) >= 11 is 0. The molecule has 4 nitrogen and oxygen atoms in total. The molecular formula is C22H40O4P2. The summed E-state index contributed by atoms with van der Waals surface area (Å²) in [5.74, 6) is 1.12. The fourth-order valence-electron chi connectivity index (χ4n) is 2.97. The molecule has 0 fully saturated rings. The van der Waals surface area contributed by atoms with Crippen molar-refractivity contribution in [3.63, 3.8) is 0 Å². The minimum atomic E-state index is -2.71. The van der Waals surface area contributed by atoms with E-state index in [1.54, 1.807) is 6.07 Å². The Hall–Kier alpha value is -0.720. The Balaban J connectivity index is 2.92. The first kappa shape index (κ1) is 25.3. The third-order valence-corrected chi connectivity index (χ3v) is 9.84. The van der Waals surface area contributed by atoms with Crippen molar-refractivity contribution in [1.29, 1.82) is 0 Å². The van der Waals surface area contributed by atoms with Crippen molar-refractivity contribution in [2.45, 2.75) is 79.1 Å². The molecule has 0 radical (unpaired) electrons. The first-order valence-electron chi connectivity index (χ1n) is 11.1. The summed E-state index contributed by atoms with van der Waals surface area (Å²) in [5, 5.41) is 0. The van der Waals surface area contributed by atoms with Gasteiger partial charge >= 0.3 is 0 Å². The monoisotopic (exact) mass is 430 g/mol. The van der Waals surface area contributed by atoms with Crippen molar-refractivity contribution in [3.05, 3.63) is 24.3 Å². The summed E-state index contributed by atoms with van der Waals surface area (Å²) < 4.78 is 38.5. The van der Waals surface area contributed by atoms with Gasteiger partial charge in [0.05, 0.1) is 0 Å². The molecule has 0 aliphatic heterocycles. The lowest BCUT2D eigenvalue weighted by molar-refractivity contribution is 0.467. The normalized spacial score (nSPS) is 12.1. The molecule has 162 valence electrons. The zero-order valence-electron chi connectivity index (χ0n) is 18.3. The molecule has 0 atom stereocenters. The van der Waals surface area contributed by atoms with Crippen LogP contribution in [-0.2, 0) is 9.13 Å². The number of hydrogen-bond acceptors (Lipinski definition) is 4. The molecule has 0 aromatic heterocycles. The van der Waals surface area contributed by atoms with E-state index < -0.39 is 14.7 Å². The predicted octanol–water partition coefficient (Wildman–Crippen LogP) is 8.20. The van der Waals surface area contributed by atoms with Crippen LogP contribution in [0, 0.1) is 0 Å². The van der Waals surface area contributed by atoms with Crippen molar-refractivity contribution in [1.82, 2.24) is 0 Å². The molecular weight excluding hydrogens is 390 g/mol. The second-order valence-corrected chi connectivity index (χ2v) is 13.0. The Morgan fingerprint density at radius 3 is 1.25 bits per heavy atom. The van der Waals surface area contributed by atoms with Gasteiger partial charge < -0.3 is 9.05 Å². The minimum absolute atomic E-state index is 0.561. The van der Waals surface area contributed by atoms with Crippen LogP contribution < -0.4 is 9.05 Å². The summed E-state index contributed by atoms with van der Waals surface area (Å²) in [7, 11) is -5.41. The summed E-state index contributed by atoms with van der Waals surface area (Å²) in [6.07, 6.45) is 10.1. The first-order chi connectivity index (χ1) is 13.4. The Labute approximate surface area is 172 Å². The van der Waals surface area contributed by atoms with E-state index in [-0.39, 0.29) is 0 Å². The molecule has 0 saturated carbocycles. The fraction of sp³-hybridized carbons (Fsp3) is 0.727. The maximum Gasteiger partial charge on any atom is 0.247 e. The van der Waals surface area contributed by atoms with Crippen LogP contribution in [0.15, 0.2) is 24.3 Å². The molecule has 0 bridgehead atoms. The van der Waals surface area contributed by atoms with Crippen molar-refractivity contribution >= 4 is 14.7 Å². The fourth-order valence-corrected chi connectivity index (χ4v) is 7.97. The first-order valence-corrected chi connectivity index (χ1v) is 15.0. The van der Waals surface area contributed by atoms with Gasteiger partial charge in [-0.2, -0.15) is 0 Å². The van der Waals surface area contributed by atoms with Crippen LogP contribution in [0.1, 0.15) is 79.1 Å². The van der Waals surface area contributed by atoms with Crippen LogP contribution >= 0.6 is 14.7 Å². The van der Waals surface area contributed by atoms with E-state index in [1.165, 1.54) is 0 Å². The summed E-state index contributed by atoms with van der Waals surface area (Å²) in [4.78, 5) is 0. The molecule has 28 heavy (non-hydrogen) atoms. The molecule has 1 aromatic rings. The van der Waals surface area contributed by atoms with Crippen molar-refractivity contribution in [2.24, 2.45) is 0 Å². The topological polar surface area (TPSA) is 52.6 Å². The highest BCUT2D eigenvalue weighted by Crippen LogP contribution is 2.51. The van der Waals surface area contributed by atoms with Gasteiger partial charge in [0.25, 0.3) is 0 Å². The zero-order valence-corrected chi connectivity index (χ0v) is 20.1. The van der Waals surface area contributed by atoms with Crippen molar-refractivity contribution in [3.8, 4) is 11.5 Å². The number of hydrogen-bond donors (Lipinski definition) is 0. The second-order valence-electron chi connectivity index (χ2n) is 7.60. The van der Waals surface area contributed by atoms with E-state index in [0.717, 1.165) is 51.4 Å². The summed E-state index contributed by atoms with van der Waals surface area (Å²) in [5.41, 5.74) is 0. The average Bonchev–Trinajstić information content (AvgIpc) is 2.68. The van der Waals surface area contributed by atoms with Crippen LogP contribution in [0.25, 0.3) is 0 Å². The highest BCUT2D eigenvalue weighted by molar-refractivity contribution is 7.59. The molecule has 1 rings (SSSR count). The van der Waals surface area contributed by atoms with E-state index in [1.807, 2.05) is 18.2 Å². The van der Waals surface area contributed by atoms with Crippen molar-refractivity contribution in [2.75, 3.05) is 24.6 Å². The molecule has 0 amide bonds. The number of benzene rings is 1. The van der Waals surface area contributed by atoms with Gasteiger partial charge in [0, 0.05) is 30.7 Å². The van der Waals surface area contributed by atoms with Crippen LogP contribution in [0.5, 0.6) is 11.5 Å². The lowest BCUT2D eigenvalue weighted by Crippen LogP contribution is -2.04. The van der Waals surface area contributed by atoms with Gasteiger partial charge in [-0.05, 0) is 37.8 Å². The molecule has 6 heteroatoms. The molecule has 0 heterocycles. The predicted molar refractivity (Wildman–Crippen MR) is 122 cm³/mol. The molecule has 0 aliphatic carbocycles. The maximum absolute atomic E-state index is 13.3. The van der Waals surface area contributed by atoms with Crippen LogP contribution in [0.3, 0.4) is 0 Å². The Morgan fingerprint density at radius 1 is 0.643 bits per heavy atom. The molecule has 0 unspecified atom stereocenters. The highest BCUT2D eigenvalue weighted by atomic mass is 31.2. The summed E-state index contributed by atoms with van der Waals surface area (Å²) in [6, 6.07) is 7.23. The maximum atomic E-state index is 13.3. The van der Waals surface area contributed by atoms with Gasteiger partial charge in [-0.15, -0.1) is 0 Å². The lowest BCUT2D eigenvalue weighted by atomic mass is 10.3. The van der Waals surface area contributed by atoms with E-state index >= 15 is 0 Å². The summed E-state index contributed by atoms with van der Waals surface area (Å²) in [6.45, 7) is 8.40. The van der Waals surface area contributed by atoms with Crippen LogP contribution in [0.2, 0.25) is 0 Å². The molecule has 1 aromatic carbocycles. The van der Waals surface area contributed by atoms with Crippen LogP contribution in [-0.4, -0.2) is 24.6 Å². The quantitative estimate of drug-likeness (QED) is 0.248. The average molecular weight is 431 g/mol. The Morgan fingerprint density at radius 2 is 0.964 bits per heavy atom. The highest BCUT2D eigenvalue weighted by Gasteiger charge is 2.25. The van der Waals surface area contributed by atoms with Crippen LogP contribution in [0.4, 0.5) is 0 Å². The minimum Gasteiger partial charge on any atom is -0.443 e. The van der Waals surface area contributed by atoms with Gasteiger partial charge in [-0.25, -0.2) is 0 Å². The van der Waals surface area contributed by atoms with E-state index in [0.29, 0.717) is 36.1 Å². The zero-order chi connectivity index (χ0) is 20.9. The largest absolute Gasteiger partial charge is 0.443 e. The van der Waals surface area contributed by atoms with Gasteiger partial charge in [0.2, 0.25) is 14.7 Å². The Bertz CT molecular complexity index is 570. The van der Waals surface area contributed by atoms with E-state index in [2.05, 4.69) is 27.7 Å². The van der Waals surface area contributed by atoms with Gasteiger partial charge in [-0.3, -0.25) is 9.13 Å². The van der Waals surface area contributed by atoms with E-state index in [4.69, 9.17) is 9.05 Å². The van der Waals surface area contributed by atoms with Crippen molar-refractivity contribution < 1.29 is 18.2 Å². The standard InChI is InChI=1S/C22H40O4P2/c1-5-9-16-27(23,17-10-6-2)25-21-14-13-15-22(20-21)26-28(24,18-11-7-3)19-12-8-4/h13-15,20H,5-12,16-19H2,1-4H3. The third kappa shape index (κ3) is 9.66. The van der Waals surface area contributed by atoms with Gasteiger partial charge in [-0.1, -0.05) is 59.4 Å². The molecule has 0 N–H and O–H groups in total. The van der Waals surface area contributed by atoms with Gasteiger partial charge in [0.1, 0.15) is 11.5 Å². The molecule has 0 spiro atoms. The van der Waals surface area contributed by atoms with Gasteiger partial charge in [0.15, 0.2) is 0 Å².